The molecule has 3 heterocycles. The van der Waals surface area contributed by atoms with E-state index >= 15 is 0 Å². The highest BCUT2D eigenvalue weighted by atomic mass is 15.3. The van der Waals surface area contributed by atoms with Gasteiger partial charge >= 0.3 is 0 Å². The molecule has 2 aromatic heterocycles. The van der Waals surface area contributed by atoms with Gasteiger partial charge in [-0.3, -0.25) is 9.25 Å². The van der Waals surface area contributed by atoms with Gasteiger partial charge in [0.1, 0.15) is 5.52 Å². The van der Waals surface area contributed by atoms with Crippen LogP contribution in [0.2, 0.25) is 0 Å². The number of nitrogen functional groups attached to an aromatic ring is 1. The van der Waals surface area contributed by atoms with Gasteiger partial charge in [-0.25, -0.2) is 4.98 Å². The summed E-state index contributed by atoms with van der Waals surface area (Å²) in [5.41, 5.74) is 9.00. The normalized spacial score (nSPS) is 18.1. The van der Waals surface area contributed by atoms with Crippen molar-refractivity contribution in [2.24, 2.45) is 13.0 Å². The molecular formula is C14H24N6. The summed E-state index contributed by atoms with van der Waals surface area (Å²) in [6, 6.07) is 0. The molecule has 0 aliphatic carbocycles. The van der Waals surface area contributed by atoms with E-state index in [-0.39, 0.29) is 0 Å². The minimum absolute atomic E-state index is 0.558. The van der Waals surface area contributed by atoms with Crippen LogP contribution >= 0.6 is 0 Å². The van der Waals surface area contributed by atoms with E-state index in [0.29, 0.717) is 11.9 Å². The molecule has 1 atom stereocenters. The lowest BCUT2D eigenvalue weighted by Gasteiger charge is -2.21. The number of aromatic nitrogens is 4. The summed E-state index contributed by atoms with van der Waals surface area (Å²) >= 11 is 0. The van der Waals surface area contributed by atoms with Crippen LogP contribution in [0, 0.1) is 12.8 Å². The van der Waals surface area contributed by atoms with Gasteiger partial charge in [0.15, 0.2) is 5.65 Å². The number of anilines is 1. The molecule has 1 aliphatic heterocycles. The smallest absolute Gasteiger partial charge is 0.202 e. The van der Waals surface area contributed by atoms with Gasteiger partial charge in [0, 0.05) is 20.1 Å². The molecular weight excluding hydrogens is 252 g/mol. The Kier molecular flexibility index (Phi) is 3.41. The molecule has 0 aromatic carbocycles. The molecule has 1 fully saturated rings. The lowest BCUT2D eigenvalue weighted by atomic mass is 10.1. The van der Waals surface area contributed by atoms with Crippen molar-refractivity contribution in [1.82, 2.24) is 24.2 Å². The maximum Gasteiger partial charge on any atom is 0.202 e. The molecule has 20 heavy (non-hydrogen) atoms. The summed E-state index contributed by atoms with van der Waals surface area (Å²) in [6.07, 6.45) is 2.68. The monoisotopic (exact) mass is 276 g/mol. The number of fused-ring (bicyclic) bond motifs is 1. The number of hydrogen-bond acceptors (Lipinski definition) is 4. The number of likely N-dealkylation sites (tertiary alicyclic amines) is 1. The zero-order valence-electron chi connectivity index (χ0n) is 12.6. The summed E-state index contributed by atoms with van der Waals surface area (Å²) in [6.45, 7) is 8.78. The van der Waals surface area contributed by atoms with Crippen molar-refractivity contribution in [2.75, 3.05) is 25.4 Å². The predicted octanol–water partition coefficient (Wildman–Crippen LogP) is 1.39. The molecule has 2 N–H and O–H groups in total. The van der Waals surface area contributed by atoms with E-state index in [1.807, 2.05) is 18.7 Å². The number of aryl methyl sites for hydroxylation is 2. The molecule has 1 unspecified atom stereocenters. The first-order chi connectivity index (χ1) is 9.56. The van der Waals surface area contributed by atoms with Gasteiger partial charge in [0.25, 0.3) is 0 Å². The maximum atomic E-state index is 6.09. The van der Waals surface area contributed by atoms with E-state index in [0.717, 1.165) is 29.9 Å². The quantitative estimate of drug-likeness (QED) is 0.916. The predicted molar refractivity (Wildman–Crippen MR) is 80.5 cm³/mol. The Morgan fingerprint density at radius 3 is 2.65 bits per heavy atom. The van der Waals surface area contributed by atoms with Gasteiger partial charge in [-0.05, 0) is 38.8 Å². The molecule has 6 nitrogen and oxygen atoms in total. The molecule has 0 spiro atoms. The van der Waals surface area contributed by atoms with Crippen molar-refractivity contribution in [3.05, 3.63) is 5.69 Å². The number of rotatable bonds is 4. The molecule has 0 amide bonds. The van der Waals surface area contributed by atoms with Crippen molar-refractivity contribution in [1.29, 1.82) is 0 Å². The van der Waals surface area contributed by atoms with Crippen molar-refractivity contribution in [3.63, 3.8) is 0 Å². The van der Waals surface area contributed by atoms with Crippen molar-refractivity contribution in [3.8, 4) is 0 Å². The third kappa shape index (κ3) is 2.28. The van der Waals surface area contributed by atoms with E-state index in [1.54, 1.807) is 0 Å². The average Bonchev–Trinajstić information content (AvgIpc) is 3.04. The molecule has 2 aromatic rings. The number of nitrogens with zero attached hydrogens (tertiary/aromatic N) is 5. The van der Waals surface area contributed by atoms with Crippen LogP contribution in [0.3, 0.4) is 0 Å². The third-order valence-corrected chi connectivity index (χ3v) is 4.18. The van der Waals surface area contributed by atoms with Crippen LogP contribution in [0.25, 0.3) is 11.2 Å². The fourth-order valence-corrected chi connectivity index (χ4v) is 3.31. The van der Waals surface area contributed by atoms with Crippen LogP contribution < -0.4 is 5.73 Å². The summed E-state index contributed by atoms with van der Waals surface area (Å²) in [5, 5.41) is 4.43. The number of nitrogens with two attached hydrogens (primary N) is 1. The summed E-state index contributed by atoms with van der Waals surface area (Å²) < 4.78 is 3.99. The molecule has 0 bridgehead atoms. The highest BCUT2D eigenvalue weighted by molar-refractivity contribution is 5.77. The van der Waals surface area contributed by atoms with E-state index in [1.165, 1.54) is 25.9 Å². The first-order valence-electron chi connectivity index (χ1n) is 7.44. The lowest BCUT2D eigenvalue weighted by Crippen LogP contribution is -2.28. The van der Waals surface area contributed by atoms with Gasteiger partial charge in [-0.15, -0.1) is 0 Å². The minimum Gasteiger partial charge on any atom is -0.369 e. The van der Waals surface area contributed by atoms with Crippen LogP contribution in [0.15, 0.2) is 0 Å². The van der Waals surface area contributed by atoms with Crippen LogP contribution in [-0.4, -0.2) is 43.9 Å². The minimum atomic E-state index is 0.558. The highest BCUT2D eigenvalue weighted by Gasteiger charge is 2.19. The first-order valence-corrected chi connectivity index (χ1v) is 7.44. The topological polar surface area (TPSA) is 64.9 Å². The number of imidazole rings is 1. The maximum absolute atomic E-state index is 6.09. The van der Waals surface area contributed by atoms with Crippen LogP contribution in [0.5, 0.6) is 0 Å². The van der Waals surface area contributed by atoms with Crippen molar-refractivity contribution >= 4 is 17.1 Å². The van der Waals surface area contributed by atoms with E-state index in [2.05, 4.69) is 26.5 Å². The zero-order chi connectivity index (χ0) is 14.3. The Morgan fingerprint density at radius 2 is 1.95 bits per heavy atom. The van der Waals surface area contributed by atoms with Gasteiger partial charge in [-0.1, -0.05) is 6.92 Å². The molecule has 6 heteroatoms. The Labute approximate surface area is 119 Å². The van der Waals surface area contributed by atoms with Gasteiger partial charge in [0.2, 0.25) is 5.95 Å². The zero-order valence-corrected chi connectivity index (χ0v) is 12.6. The van der Waals surface area contributed by atoms with Crippen molar-refractivity contribution < 1.29 is 0 Å². The van der Waals surface area contributed by atoms with Crippen LogP contribution in [0.1, 0.15) is 25.5 Å². The Balaban J connectivity index is 1.80. The average molecular weight is 276 g/mol. The third-order valence-electron chi connectivity index (χ3n) is 4.18. The van der Waals surface area contributed by atoms with E-state index in [9.17, 15) is 0 Å². The molecule has 0 saturated carbocycles. The lowest BCUT2D eigenvalue weighted by molar-refractivity contribution is 0.273. The highest BCUT2D eigenvalue weighted by Crippen LogP contribution is 2.22. The largest absolute Gasteiger partial charge is 0.369 e. The van der Waals surface area contributed by atoms with E-state index < -0.39 is 0 Å². The van der Waals surface area contributed by atoms with Crippen LogP contribution in [0.4, 0.5) is 5.95 Å². The fourth-order valence-electron chi connectivity index (χ4n) is 3.31. The summed E-state index contributed by atoms with van der Waals surface area (Å²) in [5.74, 6) is 1.16. The second-order valence-corrected chi connectivity index (χ2v) is 6.07. The van der Waals surface area contributed by atoms with Gasteiger partial charge < -0.3 is 10.6 Å². The fraction of sp³-hybridized carbons (Fsp3) is 0.714. The molecule has 1 aliphatic rings. The van der Waals surface area contributed by atoms with Gasteiger partial charge in [-0.2, -0.15) is 5.10 Å². The van der Waals surface area contributed by atoms with Gasteiger partial charge in [0.05, 0.1) is 5.69 Å². The number of hydrogen-bond donors (Lipinski definition) is 1. The second kappa shape index (κ2) is 5.09. The Bertz CT molecular complexity index is 605. The summed E-state index contributed by atoms with van der Waals surface area (Å²) in [4.78, 5) is 7.01. The molecule has 0 radical (unpaired) electrons. The van der Waals surface area contributed by atoms with E-state index in [4.69, 9.17) is 5.73 Å². The Morgan fingerprint density at radius 1 is 1.25 bits per heavy atom. The molecule has 3 rings (SSSR count). The Hall–Kier alpha value is -1.56. The first kappa shape index (κ1) is 13.4. The van der Waals surface area contributed by atoms with Crippen molar-refractivity contribution in [2.45, 2.75) is 33.2 Å². The SMILES string of the molecule is Cc1nn(C)c2c1nc(N)n2CC(C)CN1CCCC1. The second-order valence-electron chi connectivity index (χ2n) is 6.07. The summed E-state index contributed by atoms with van der Waals surface area (Å²) in [7, 11) is 1.96. The molecule has 1 saturated heterocycles. The molecule has 110 valence electrons. The van der Waals surface area contributed by atoms with Crippen LogP contribution in [-0.2, 0) is 13.6 Å². The standard InChI is InChI=1S/C14H24N6/c1-10(8-19-6-4-5-7-19)9-20-13-12(16-14(20)15)11(2)17-18(13)3/h10H,4-9H2,1-3H3,(H2,15,16).